The lowest BCUT2D eigenvalue weighted by molar-refractivity contribution is -0.115. The van der Waals surface area contributed by atoms with Crippen LogP contribution in [-0.2, 0) is 4.79 Å². The number of likely N-dealkylation sites (N-methyl/N-ethyl adjacent to an activating group) is 1. The molecule has 0 aliphatic carbocycles. The highest BCUT2D eigenvalue weighted by molar-refractivity contribution is 7.19. The van der Waals surface area contributed by atoms with Crippen LogP contribution >= 0.6 is 34.5 Å². The fourth-order valence-electron chi connectivity index (χ4n) is 3.23. The lowest BCUT2D eigenvalue weighted by atomic mass is 9.98. The van der Waals surface area contributed by atoms with Gasteiger partial charge in [-0.3, -0.25) is 4.79 Å². The molecule has 0 fully saturated rings. The topological polar surface area (TPSA) is 106 Å². The Kier molecular flexibility index (Phi) is 6.53. The van der Waals surface area contributed by atoms with Crippen LogP contribution in [0, 0.1) is 11.3 Å². The van der Waals surface area contributed by atoms with Crippen molar-refractivity contribution in [3.63, 3.8) is 0 Å². The van der Waals surface area contributed by atoms with E-state index in [1.165, 1.54) is 11.3 Å². The Hall–Kier alpha value is -3.22. The van der Waals surface area contributed by atoms with Crippen LogP contribution in [0.1, 0.15) is 5.56 Å². The van der Waals surface area contributed by atoms with Crippen molar-refractivity contribution >= 4 is 46.3 Å². The number of hydrogen-bond acceptors (Lipinski definition) is 6. The van der Waals surface area contributed by atoms with Gasteiger partial charge < -0.3 is 15.6 Å². The second-order valence-electron chi connectivity index (χ2n) is 6.69. The predicted octanol–water partition coefficient (Wildman–Crippen LogP) is 5.20. The molecule has 1 amide bonds. The molecule has 32 heavy (non-hydrogen) atoms. The van der Waals surface area contributed by atoms with Gasteiger partial charge in [-0.25, -0.2) is 9.97 Å². The van der Waals surface area contributed by atoms with Gasteiger partial charge in [0.2, 0.25) is 5.91 Å². The molecule has 0 aliphatic rings. The number of thiophene rings is 1. The minimum absolute atomic E-state index is 0.163. The minimum Gasteiger partial charge on any atom is -0.344 e. The number of amides is 1. The summed E-state index contributed by atoms with van der Waals surface area (Å²) in [5, 5.41) is 16.6. The number of nitrogens with one attached hydrogen (secondary N) is 3. The Labute approximate surface area is 198 Å². The minimum atomic E-state index is -0.214. The molecule has 160 valence electrons. The molecular formula is C22H16Cl2N6OS. The summed E-state index contributed by atoms with van der Waals surface area (Å²) in [5.41, 5.74) is 2.54. The second kappa shape index (κ2) is 9.51. The number of hydrogen-bond donors (Lipinski definition) is 3. The number of imidazole rings is 1. The molecule has 3 heterocycles. The SMILES string of the molecule is CNCC(=O)Nc1cc(-c2sc(-c3ncc[nH]3)c(-c3ccc(Cl)cc3Cl)c2C#N)ccn1. The number of carbonyl (C=O) groups is 1. The number of pyridine rings is 1. The second-order valence-corrected chi connectivity index (χ2v) is 8.56. The van der Waals surface area contributed by atoms with Gasteiger partial charge in [-0.2, -0.15) is 5.26 Å². The summed E-state index contributed by atoms with van der Waals surface area (Å²) in [6, 6.07) is 11.0. The van der Waals surface area contributed by atoms with Crippen molar-refractivity contribution in [2.24, 2.45) is 0 Å². The average Bonchev–Trinajstić information content (AvgIpc) is 3.42. The molecule has 0 radical (unpaired) electrons. The van der Waals surface area contributed by atoms with Crippen LogP contribution in [-0.4, -0.2) is 34.5 Å². The molecule has 3 N–H and O–H groups in total. The Bertz CT molecular complexity index is 1330. The molecule has 0 atom stereocenters. The van der Waals surface area contributed by atoms with Gasteiger partial charge in [-0.15, -0.1) is 11.3 Å². The zero-order valence-corrected chi connectivity index (χ0v) is 19.1. The zero-order chi connectivity index (χ0) is 22.7. The van der Waals surface area contributed by atoms with E-state index < -0.39 is 0 Å². The summed E-state index contributed by atoms with van der Waals surface area (Å²) >= 11 is 14.0. The standard InChI is InChI=1S/C22H16Cl2N6OS/c1-26-11-18(31)30-17-8-12(4-5-27-17)20-15(10-25)19(14-3-2-13(23)9-16(14)24)21(32-20)22-28-6-7-29-22/h2-9,26H,11H2,1H3,(H,28,29)(H,27,30,31). The van der Waals surface area contributed by atoms with Gasteiger partial charge in [0, 0.05) is 39.8 Å². The maximum absolute atomic E-state index is 11.9. The van der Waals surface area contributed by atoms with E-state index in [1.54, 1.807) is 56.0 Å². The number of nitrogens with zero attached hydrogens (tertiary/aromatic N) is 3. The molecule has 10 heteroatoms. The monoisotopic (exact) mass is 482 g/mol. The van der Waals surface area contributed by atoms with Gasteiger partial charge in [0.05, 0.1) is 21.9 Å². The average molecular weight is 483 g/mol. The van der Waals surface area contributed by atoms with E-state index in [0.717, 1.165) is 10.4 Å². The summed E-state index contributed by atoms with van der Waals surface area (Å²) in [4.78, 5) is 25.1. The van der Waals surface area contributed by atoms with E-state index in [4.69, 9.17) is 23.2 Å². The van der Waals surface area contributed by atoms with Crippen molar-refractivity contribution in [3.8, 4) is 38.3 Å². The molecule has 3 aromatic heterocycles. The molecule has 1 aromatic carbocycles. The van der Waals surface area contributed by atoms with E-state index in [2.05, 4.69) is 31.7 Å². The van der Waals surface area contributed by atoms with Crippen LogP contribution in [0.4, 0.5) is 5.82 Å². The number of nitriles is 1. The van der Waals surface area contributed by atoms with Crippen LogP contribution in [0.5, 0.6) is 0 Å². The number of H-pyrrole nitrogens is 1. The van der Waals surface area contributed by atoms with Gasteiger partial charge in [0.25, 0.3) is 0 Å². The molecule has 0 saturated carbocycles. The lowest BCUT2D eigenvalue weighted by Gasteiger charge is -2.07. The van der Waals surface area contributed by atoms with Gasteiger partial charge >= 0.3 is 0 Å². The molecule has 0 spiro atoms. The molecule has 0 aliphatic heterocycles. The number of aromatic nitrogens is 3. The molecular weight excluding hydrogens is 467 g/mol. The molecule has 0 saturated heterocycles. The first-order valence-corrected chi connectivity index (χ1v) is 11.0. The number of carbonyl (C=O) groups excluding carboxylic acids is 1. The van der Waals surface area contributed by atoms with E-state index in [-0.39, 0.29) is 12.5 Å². The van der Waals surface area contributed by atoms with Crippen LogP contribution in [0.2, 0.25) is 10.0 Å². The van der Waals surface area contributed by atoms with Gasteiger partial charge in [-0.1, -0.05) is 29.3 Å². The van der Waals surface area contributed by atoms with Crippen LogP contribution in [0.15, 0.2) is 48.9 Å². The van der Waals surface area contributed by atoms with Crippen molar-refractivity contribution in [1.82, 2.24) is 20.3 Å². The highest BCUT2D eigenvalue weighted by Gasteiger charge is 2.25. The van der Waals surface area contributed by atoms with E-state index in [0.29, 0.717) is 43.3 Å². The summed E-state index contributed by atoms with van der Waals surface area (Å²) in [6.45, 7) is 0.163. The molecule has 4 rings (SSSR count). The fraction of sp³-hybridized carbons (Fsp3) is 0.0909. The molecule has 0 bridgehead atoms. The maximum Gasteiger partial charge on any atom is 0.239 e. The molecule has 4 aromatic rings. The van der Waals surface area contributed by atoms with E-state index in [1.807, 2.05) is 0 Å². The zero-order valence-electron chi connectivity index (χ0n) is 16.7. The molecule has 0 unspecified atom stereocenters. The Morgan fingerprint density at radius 1 is 1.19 bits per heavy atom. The normalized spacial score (nSPS) is 10.7. The highest BCUT2D eigenvalue weighted by atomic mass is 35.5. The predicted molar refractivity (Wildman–Crippen MR) is 128 cm³/mol. The number of rotatable bonds is 6. The van der Waals surface area contributed by atoms with Crippen molar-refractivity contribution in [3.05, 3.63) is 64.5 Å². The van der Waals surface area contributed by atoms with Crippen molar-refractivity contribution in [1.29, 1.82) is 5.26 Å². The Morgan fingerprint density at radius 2 is 2.03 bits per heavy atom. The van der Waals surface area contributed by atoms with Gasteiger partial charge in [-0.05, 0) is 36.9 Å². The summed E-state index contributed by atoms with van der Waals surface area (Å²) in [5.74, 6) is 0.801. The third kappa shape index (κ3) is 4.38. The highest BCUT2D eigenvalue weighted by Crippen LogP contribution is 2.48. The van der Waals surface area contributed by atoms with Crippen molar-refractivity contribution in [2.45, 2.75) is 0 Å². The quantitative estimate of drug-likeness (QED) is 0.349. The van der Waals surface area contributed by atoms with Crippen LogP contribution < -0.4 is 10.6 Å². The first-order chi connectivity index (χ1) is 15.5. The smallest absolute Gasteiger partial charge is 0.239 e. The summed E-state index contributed by atoms with van der Waals surface area (Å²) < 4.78 is 0. The van der Waals surface area contributed by atoms with Crippen molar-refractivity contribution in [2.75, 3.05) is 18.9 Å². The summed E-state index contributed by atoms with van der Waals surface area (Å²) in [6.07, 6.45) is 4.96. The summed E-state index contributed by atoms with van der Waals surface area (Å²) in [7, 11) is 1.69. The van der Waals surface area contributed by atoms with Gasteiger partial charge in [0.1, 0.15) is 17.7 Å². The number of anilines is 1. The maximum atomic E-state index is 11.9. The third-order valence-corrected chi connectivity index (χ3v) is 6.35. The first-order valence-electron chi connectivity index (χ1n) is 9.44. The lowest BCUT2D eigenvalue weighted by Crippen LogP contribution is -2.25. The fourth-order valence-corrected chi connectivity index (χ4v) is 4.96. The number of aromatic amines is 1. The number of halogens is 2. The first kappa shape index (κ1) is 22.0. The largest absolute Gasteiger partial charge is 0.344 e. The van der Waals surface area contributed by atoms with Gasteiger partial charge in [0.15, 0.2) is 0 Å². The van der Waals surface area contributed by atoms with Crippen LogP contribution in [0.25, 0.3) is 32.3 Å². The Morgan fingerprint density at radius 3 is 2.72 bits per heavy atom. The third-order valence-electron chi connectivity index (χ3n) is 4.56. The van der Waals surface area contributed by atoms with E-state index >= 15 is 0 Å². The Balaban J connectivity index is 1.90. The van der Waals surface area contributed by atoms with Crippen molar-refractivity contribution < 1.29 is 4.79 Å². The molecule has 7 nitrogen and oxygen atoms in total. The van der Waals surface area contributed by atoms with Crippen LogP contribution in [0.3, 0.4) is 0 Å². The van der Waals surface area contributed by atoms with E-state index in [9.17, 15) is 10.1 Å². The number of benzene rings is 1.